The highest BCUT2D eigenvalue weighted by Crippen LogP contribution is 2.33. The first-order chi connectivity index (χ1) is 11.8. The predicted octanol–water partition coefficient (Wildman–Crippen LogP) is 4.87. The van der Waals surface area contributed by atoms with E-state index in [2.05, 4.69) is 5.32 Å². The zero-order valence-corrected chi connectivity index (χ0v) is 14.9. The number of aryl methyl sites for hydroxylation is 1. The minimum atomic E-state index is -0.524. The molecule has 25 heavy (non-hydrogen) atoms. The van der Waals surface area contributed by atoms with E-state index < -0.39 is 10.8 Å². The van der Waals surface area contributed by atoms with Crippen molar-refractivity contribution in [3.63, 3.8) is 0 Å². The summed E-state index contributed by atoms with van der Waals surface area (Å²) in [5, 5.41) is 14.2. The Hall–Kier alpha value is -2.57. The summed E-state index contributed by atoms with van der Waals surface area (Å²) in [5.74, 6) is -0.0663. The lowest BCUT2D eigenvalue weighted by Gasteiger charge is -2.08. The molecular formula is C17H14Cl2N2O4. The van der Waals surface area contributed by atoms with Gasteiger partial charge in [-0.05, 0) is 30.7 Å². The zero-order chi connectivity index (χ0) is 18.6. The number of amides is 1. The highest BCUT2D eigenvalue weighted by molar-refractivity contribution is 6.36. The number of carbonyl (C=O) groups excluding carboxylic acids is 1. The van der Waals surface area contributed by atoms with E-state index in [0.717, 1.165) is 0 Å². The van der Waals surface area contributed by atoms with Crippen molar-refractivity contribution in [3.8, 4) is 5.75 Å². The van der Waals surface area contributed by atoms with Gasteiger partial charge in [0.05, 0.1) is 22.7 Å². The normalized spacial score (nSPS) is 10.7. The third-order valence-electron chi connectivity index (χ3n) is 3.35. The van der Waals surface area contributed by atoms with Gasteiger partial charge in [0, 0.05) is 28.8 Å². The van der Waals surface area contributed by atoms with E-state index in [9.17, 15) is 14.9 Å². The van der Waals surface area contributed by atoms with Crippen molar-refractivity contribution >= 4 is 46.6 Å². The topological polar surface area (TPSA) is 81.5 Å². The van der Waals surface area contributed by atoms with E-state index >= 15 is 0 Å². The Morgan fingerprint density at radius 2 is 2.00 bits per heavy atom. The Kier molecular flexibility index (Phi) is 6.01. The van der Waals surface area contributed by atoms with Gasteiger partial charge in [0.25, 0.3) is 5.69 Å². The smallest absolute Gasteiger partial charge is 0.271 e. The number of ether oxygens (including phenoxy) is 1. The maximum Gasteiger partial charge on any atom is 0.271 e. The van der Waals surface area contributed by atoms with Crippen molar-refractivity contribution < 1.29 is 14.5 Å². The summed E-state index contributed by atoms with van der Waals surface area (Å²) in [4.78, 5) is 22.4. The van der Waals surface area contributed by atoms with Crippen LogP contribution in [-0.2, 0) is 4.79 Å². The second-order valence-corrected chi connectivity index (χ2v) is 5.93. The molecule has 0 bridgehead atoms. The number of nitro benzene ring substituents is 1. The molecule has 0 aliphatic heterocycles. The van der Waals surface area contributed by atoms with Crippen LogP contribution < -0.4 is 10.1 Å². The van der Waals surface area contributed by atoms with E-state index in [0.29, 0.717) is 32.6 Å². The minimum absolute atomic E-state index is 0.104. The molecule has 0 heterocycles. The lowest BCUT2D eigenvalue weighted by molar-refractivity contribution is -0.384. The molecule has 1 N–H and O–H groups in total. The van der Waals surface area contributed by atoms with Crippen LogP contribution >= 0.6 is 23.2 Å². The zero-order valence-electron chi connectivity index (χ0n) is 13.4. The number of nitrogens with one attached hydrogen (secondary N) is 1. The summed E-state index contributed by atoms with van der Waals surface area (Å²) in [5.41, 5.74) is 1.50. The lowest BCUT2D eigenvalue weighted by atomic mass is 10.1. The highest BCUT2D eigenvalue weighted by Gasteiger charge is 2.11. The van der Waals surface area contributed by atoms with Crippen LogP contribution in [0.5, 0.6) is 5.75 Å². The number of halogens is 2. The molecule has 6 nitrogen and oxygen atoms in total. The lowest BCUT2D eigenvalue weighted by Crippen LogP contribution is -2.09. The minimum Gasteiger partial charge on any atom is -0.495 e. The molecule has 0 radical (unpaired) electrons. The van der Waals surface area contributed by atoms with Crippen LogP contribution in [0.4, 0.5) is 11.4 Å². The second kappa shape index (κ2) is 8.00. The van der Waals surface area contributed by atoms with Crippen LogP contribution in [0.25, 0.3) is 6.08 Å². The average Bonchev–Trinajstić information content (AvgIpc) is 2.54. The van der Waals surface area contributed by atoms with Crippen molar-refractivity contribution in [2.75, 3.05) is 12.4 Å². The number of benzene rings is 2. The first kappa shape index (κ1) is 18.8. The predicted molar refractivity (Wildman–Crippen MR) is 98.5 cm³/mol. The number of nitro groups is 1. The van der Waals surface area contributed by atoms with Crippen molar-refractivity contribution in [1.82, 2.24) is 0 Å². The van der Waals surface area contributed by atoms with Crippen LogP contribution in [-0.4, -0.2) is 17.9 Å². The highest BCUT2D eigenvalue weighted by atomic mass is 35.5. The van der Waals surface area contributed by atoms with E-state index in [1.165, 1.54) is 37.5 Å². The quantitative estimate of drug-likeness (QED) is 0.455. The molecule has 0 spiro atoms. The van der Waals surface area contributed by atoms with Gasteiger partial charge >= 0.3 is 0 Å². The first-order valence-electron chi connectivity index (χ1n) is 7.09. The molecular weight excluding hydrogens is 367 g/mol. The molecule has 0 saturated heterocycles. The van der Waals surface area contributed by atoms with E-state index in [4.69, 9.17) is 27.9 Å². The second-order valence-electron chi connectivity index (χ2n) is 5.09. The number of hydrogen-bond donors (Lipinski definition) is 1. The van der Waals surface area contributed by atoms with Gasteiger partial charge in [-0.3, -0.25) is 14.9 Å². The van der Waals surface area contributed by atoms with E-state index in [1.807, 2.05) is 0 Å². The number of carbonyl (C=O) groups is 1. The summed E-state index contributed by atoms with van der Waals surface area (Å²) in [6.45, 7) is 1.74. The summed E-state index contributed by atoms with van der Waals surface area (Å²) < 4.78 is 5.19. The fourth-order valence-electron chi connectivity index (χ4n) is 2.12. The number of nitrogens with zero attached hydrogens (tertiary/aromatic N) is 1. The Balaban J connectivity index is 2.22. The van der Waals surface area contributed by atoms with Gasteiger partial charge in [-0.25, -0.2) is 0 Å². The fourth-order valence-corrected chi connectivity index (χ4v) is 2.70. The van der Waals surface area contributed by atoms with Gasteiger partial charge < -0.3 is 10.1 Å². The molecule has 0 aliphatic carbocycles. The van der Waals surface area contributed by atoms with Crippen LogP contribution in [0.15, 0.2) is 36.4 Å². The monoisotopic (exact) mass is 380 g/mol. The van der Waals surface area contributed by atoms with Gasteiger partial charge in [0.15, 0.2) is 0 Å². The Morgan fingerprint density at radius 3 is 2.64 bits per heavy atom. The molecule has 2 aromatic carbocycles. The number of hydrogen-bond acceptors (Lipinski definition) is 4. The molecule has 0 atom stereocenters. The van der Waals surface area contributed by atoms with Gasteiger partial charge in [-0.1, -0.05) is 29.3 Å². The molecule has 0 aliphatic rings. The summed E-state index contributed by atoms with van der Waals surface area (Å²) in [6, 6.07) is 7.38. The maximum absolute atomic E-state index is 12.1. The fraction of sp³-hybridized carbons (Fsp3) is 0.118. The van der Waals surface area contributed by atoms with Gasteiger partial charge in [0.1, 0.15) is 5.75 Å². The van der Waals surface area contributed by atoms with Crippen molar-refractivity contribution in [2.45, 2.75) is 6.92 Å². The van der Waals surface area contributed by atoms with Gasteiger partial charge in [-0.2, -0.15) is 0 Å². The van der Waals surface area contributed by atoms with Crippen LogP contribution in [0.1, 0.15) is 11.1 Å². The first-order valence-corrected chi connectivity index (χ1v) is 7.84. The number of anilines is 1. The van der Waals surface area contributed by atoms with Crippen molar-refractivity contribution in [1.29, 1.82) is 0 Å². The van der Waals surface area contributed by atoms with Crippen LogP contribution in [0.3, 0.4) is 0 Å². The molecule has 0 saturated carbocycles. The third kappa shape index (κ3) is 4.71. The van der Waals surface area contributed by atoms with Gasteiger partial charge in [0.2, 0.25) is 5.91 Å². The van der Waals surface area contributed by atoms with Crippen LogP contribution in [0, 0.1) is 17.0 Å². The number of rotatable bonds is 5. The largest absolute Gasteiger partial charge is 0.495 e. The van der Waals surface area contributed by atoms with E-state index in [-0.39, 0.29) is 5.69 Å². The van der Waals surface area contributed by atoms with E-state index in [1.54, 1.807) is 19.1 Å². The number of methoxy groups -OCH3 is 1. The van der Waals surface area contributed by atoms with Crippen molar-refractivity contribution in [2.24, 2.45) is 0 Å². The summed E-state index contributed by atoms with van der Waals surface area (Å²) >= 11 is 12.0. The number of non-ortho nitro benzene ring substituents is 1. The van der Waals surface area contributed by atoms with Crippen molar-refractivity contribution in [3.05, 3.63) is 67.7 Å². The Morgan fingerprint density at radius 1 is 1.28 bits per heavy atom. The van der Waals surface area contributed by atoms with Gasteiger partial charge in [-0.15, -0.1) is 0 Å². The SMILES string of the molecule is COc1c(Cl)cc(Cl)cc1C=CC(=O)Nc1cc([N+](=O)[O-])ccc1C. The summed E-state index contributed by atoms with van der Waals surface area (Å²) in [6.07, 6.45) is 2.77. The Labute approximate surface area is 154 Å². The summed E-state index contributed by atoms with van der Waals surface area (Å²) in [7, 11) is 1.46. The molecule has 0 fully saturated rings. The molecule has 0 aromatic heterocycles. The standard InChI is InChI=1S/C17H14Cl2N2O4/c1-10-3-5-13(21(23)24)9-15(10)20-16(22)6-4-11-7-12(18)8-14(19)17(11)25-2/h3-9H,1-2H3,(H,20,22). The molecule has 2 rings (SSSR count). The molecule has 0 unspecified atom stereocenters. The molecule has 8 heteroatoms. The average molecular weight is 381 g/mol. The third-order valence-corrected chi connectivity index (χ3v) is 3.84. The van der Waals surface area contributed by atoms with Crippen LogP contribution in [0.2, 0.25) is 10.0 Å². The molecule has 130 valence electrons. The Bertz CT molecular complexity index is 866. The maximum atomic E-state index is 12.1. The molecule has 1 amide bonds. The molecule has 2 aromatic rings.